The van der Waals surface area contributed by atoms with Crippen LogP contribution in [0.25, 0.3) is 0 Å². The van der Waals surface area contributed by atoms with Crippen molar-refractivity contribution in [1.82, 2.24) is 21.3 Å². The molecule has 4 amide bonds. The average Bonchev–Trinajstić information content (AvgIpc) is 3.13. The second-order valence-corrected chi connectivity index (χ2v) is 58.2. The van der Waals surface area contributed by atoms with E-state index in [1.807, 2.05) is 19.6 Å². The van der Waals surface area contributed by atoms with Crippen LogP contribution in [0.3, 0.4) is 0 Å². The second kappa shape index (κ2) is 25.8. The van der Waals surface area contributed by atoms with Crippen molar-refractivity contribution >= 4 is 81.9 Å². The molecule has 3 aliphatic rings. The zero-order valence-electron chi connectivity index (χ0n) is 49.4. The zero-order valence-corrected chi connectivity index (χ0v) is 56.4. The van der Waals surface area contributed by atoms with Crippen LogP contribution in [0.15, 0.2) is 0 Å². The van der Waals surface area contributed by atoms with E-state index in [0.717, 1.165) is 0 Å². The maximum Gasteiger partial charge on any atom is 0.217 e. The highest BCUT2D eigenvalue weighted by atomic mass is 28.4. The van der Waals surface area contributed by atoms with Gasteiger partial charge in [0.1, 0.15) is 54.9 Å². The van der Waals surface area contributed by atoms with Gasteiger partial charge in [-0.2, -0.15) is 0 Å². The molecule has 2 aliphatic heterocycles. The Morgan fingerprint density at radius 1 is 0.397 bits per heavy atom. The first-order valence-electron chi connectivity index (χ1n) is 26.2. The molecule has 2 saturated heterocycles. The Morgan fingerprint density at radius 2 is 0.740 bits per heavy atom. The molecule has 0 bridgehead atoms. The highest BCUT2D eigenvalue weighted by molar-refractivity contribution is 6.72. The van der Waals surface area contributed by atoms with E-state index in [9.17, 15) is 19.2 Å². The molecule has 10 unspecified atom stereocenters. The molecule has 0 spiro atoms. The topological polar surface area (TPSA) is 218 Å². The Labute approximate surface area is 446 Å². The lowest BCUT2D eigenvalue weighted by Crippen LogP contribution is -2.73. The van der Waals surface area contributed by atoms with Crippen molar-refractivity contribution in [2.24, 2.45) is 0 Å². The molecule has 0 aromatic heterocycles. The highest BCUT2D eigenvalue weighted by Gasteiger charge is 2.58. The van der Waals surface area contributed by atoms with Crippen LogP contribution in [-0.2, 0) is 69.1 Å². The smallest absolute Gasteiger partial charge is 0.217 e. The van der Waals surface area contributed by atoms with E-state index in [1.54, 1.807) is 0 Å². The molecule has 1 aliphatic carbocycles. The molecule has 0 aromatic rings. The van der Waals surface area contributed by atoms with Gasteiger partial charge in [-0.05, 0) is 144 Å². The van der Waals surface area contributed by atoms with E-state index in [4.69, 9.17) is 49.9 Å². The second-order valence-electron chi connectivity index (χ2n) is 26.9. The third kappa shape index (κ3) is 23.4. The molecule has 4 N–H and O–H groups in total. The summed E-state index contributed by atoms with van der Waals surface area (Å²) in [6, 6.07) is -2.29. The Hall–Kier alpha value is -1.04. The molecular formula is C47H100N4O15Si7. The molecule has 26 heteroatoms. The van der Waals surface area contributed by atoms with E-state index >= 15 is 0 Å². The third-order valence-corrected chi connectivity index (χ3v) is 18.0. The predicted octanol–water partition coefficient (Wildman–Crippen LogP) is 6.43. The summed E-state index contributed by atoms with van der Waals surface area (Å²) in [6.07, 6.45) is -10.4. The first kappa shape index (κ1) is 66.2. The largest absolute Gasteiger partial charge is 0.415 e. The van der Waals surface area contributed by atoms with E-state index in [0.29, 0.717) is 0 Å². The maximum atomic E-state index is 13.4. The lowest BCUT2D eigenvalue weighted by atomic mass is 9.83. The Kier molecular flexibility index (Phi) is 23.4. The minimum atomic E-state index is -2.64. The number of nitrogens with one attached hydrogen (secondary N) is 4. The van der Waals surface area contributed by atoms with Crippen LogP contribution in [0.4, 0.5) is 0 Å². The van der Waals surface area contributed by atoms with Crippen molar-refractivity contribution in [1.29, 1.82) is 0 Å². The lowest BCUT2D eigenvalue weighted by Gasteiger charge is -2.55. The van der Waals surface area contributed by atoms with Crippen molar-refractivity contribution in [3.63, 3.8) is 0 Å². The summed E-state index contributed by atoms with van der Waals surface area (Å²) in [7, 11) is -16.7. The molecule has 2 heterocycles. The normalized spacial score (nSPS) is 32.2. The molecule has 3 rings (SSSR count). The molecule has 73 heavy (non-hydrogen) atoms. The Morgan fingerprint density at radius 3 is 1.12 bits per heavy atom. The van der Waals surface area contributed by atoms with Gasteiger partial charge in [-0.3, -0.25) is 19.2 Å². The Bertz CT molecular complexity index is 1830. The molecule has 426 valence electrons. The van der Waals surface area contributed by atoms with Crippen molar-refractivity contribution < 1.29 is 69.1 Å². The number of carbonyl (C=O) groups is 4. The van der Waals surface area contributed by atoms with Crippen molar-refractivity contribution in [3.8, 4) is 0 Å². The standard InChI is InChI=1S/C47H100N4O15Si7/c1-29(52)48-27-35-41(62-69(11,12)13)44(65-72(20,21)22)45(66-73(23,24)25)47(57-35)60-39-34(50-31(3)54)26-33(49-30(2)53)38(43(39)64-71(17,18)19)59-46-42(63-70(14,15)16)37(51-32(4)55)40(61-68(8,9)10)36(58-46)28-56-67(5,6)7/h33-47H,26-28H2,1-25H3,(H,48,52)(H,49,53)(H,50,54)(H,51,55)/t33?,34?,35-,36?,37?,38?,39?,40?,41-,42?,43?,44+,45-,46?,47-/m1/s1. The van der Waals surface area contributed by atoms with Crippen LogP contribution < -0.4 is 21.3 Å². The average molecular weight is 1160 g/mol. The molecule has 19 nitrogen and oxygen atoms in total. The number of amides is 4. The van der Waals surface area contributed by atoms with Gasteiger partial charge in [0.05, 0.1) is 30.8 Å². The van der Waals surface area contributed by atoms with Gasteiger partial charge >= 0.3 is 0 Å². The van der Waals surface area contributed by atoms with Crippen molar-refractivity contribution in [2.45, 2.75) is 263 Å². The molecular weight excluding hydrogens is 1060 g/mol. The van der Waals surface area contributed by atoms with E-state index < -0.39 is 150 Å². The van der Waals surface area contributed by atoms with Crippen LogP contribution in [0.1, 0.15) is 34.1 Å². The minimum Gasteiger partial charge on any atom is -0.415 e. The van der Waals surface area contributed by atoms with Gasteiger partial charge in [-0.25, -0.2) is 0 Å². The number of hydrogen-bond acceptors (Lipinski definition) is 15. The number of rotatable bonds is 24. The first-order chi connectivity index (χ1) is 32.8. The number of carbonyl (C=O) groups excluding carboxylic acids is 4. The summed E-state index contributed by atoms with van der Waals surface area (Å²) in [5, 5.41) is 12.5. The quantitative estimate of drug-likeness (QED) is 0.0766. The fourth-order valence-electron chi connectivity index (χ4n) is 9.19. The van der Waals surface area contributed by atoms with Crippen LogP contribution in [0, 0.1) is 0 Å². The van der Waals surface area contributed by atoms with Crippen LogP contribution >= 0.6 is 0 Å². The fourth-order valence-corrected chi connectivity index (χ4v) is 16.4. The van der Waals surface area contributed by atoms with E-state index in [-0.39, 0.29) is 43.2 Å². The van der Waals surface area contributed by atoms with Gasteiger partial charge in [-0.15, -0.1) is 0 Å². The molecule has 15 atom stereocenters. The summed E-state index contributed by atoms with van der Waals surface area (Å²) in [5.74, 6) is -1.17. The molecule has 3 fully saturated rings. The number of hydrogen-bond donors (Lipinski definition) is 4. The van der Waals surface area contributed by atoms with Crippen molar-refractivity contribution in [2.75, 3.05) is 13.2 Å². The highest BCUT2D eigenvalue weighted by Crippen LogP contribution is 2.40. The van der Waals surface area contributed by atoms with Crippen LogP contribution in [0.5, 0.6) is 0 Å². The zero-order chi connectivity index (χ0) is 56.2. The summed E-state index contributed by atoms with van der Waals surface area (Å²) >= 11 is 0. The molecule has 1 saturated carbocycles. The monoisotopic (exact) mass is 1160 g/mol. The number of ether oxygens (including phenoxy) is 4. The minimum absolute atomic E-state index is 0.0957. The third-order valence-electron chi connectivity index (χ3n) is 11.1. The summed E-state index contributed by atoms with van der Waals surface area (Å²) in [4.78, 5) is 52.7. The lowest BCUT2D eigenvalue weighted by molar-refractivity contribution is -0.326. The van der Waals surface area contributed by atoms with Gasteiger partial charge in [0.15, 0.2) is 70.8 Å². The van der Waals surface area contributed by atoms with Gasteiger partial charge in [0.2, 0.25) is 23.6 Å². The van der Waals surface area contributed by atoms with Crippen LogP contribution in [-0.4, -0.2) is 187 Å². The van der Waals surface area contributed by atoms with Crippen molar-refractivity contribution in [3.05, 3.63) is 0 Å². The molecule has 0 radical (unpaired) electrons. The van der Waals surface area contributed by atoms with Gasteiger partial charge in [0.25, 0.3) is 0 Å². The van der Waals surface area contributed by atoms with E-state index in [2.05, 4.69) is 139 Å². The fraction of sp³-hybridized carbons (Fsp3) is 0.915. The van der Waals surface area contributed by atoms with Gasteiger partial charge in [0, 0.05) is 34.2 Å². The first-order valence-corrected chi connectivity index (χ1v) is 50.0. The Balaban J connectivity index is 2.44. The summed E-state index contributed by atoms with van der Waals surface area (Å²) in [6.45, 7) is 49.8. The van der Waals surface area contributed by atoms with Crippen LogP contribution in [0.2, 0.25) is 137 Å². The van der Waals surface area contributed by atoms with E-state index in [1.165, 1.54) is 27.7 Å². The van der Waals surface area contributed by atoms with Gasteiger partial charge in [-0.1, -0.05) is 0 Å². The predicted molar refractivity (Wildman–Crippen MR) is 302 cm³/mol. The maximum absolute atomic E-state index is 13.4. The summed E-state index contributed by atoms with van der Waals surface area (Å²) < 4.78 is 78.1. The SMILES string of the molecule is CC(=O)NC[C@H]1O[C@H](OC2C(NC(C)=O)CC(NC(C)=O)C(OC3OC(CO[Si](C)(C)C)C(O[Si](C)(C)C)C(NC(C)=O)C3O[Si](C)(C)C)C2O[Si](C)(C)C)[C@H](O[Si](C)(C)C)[C@@H](O[Si](C)(C)C)[C@@H]1O[Si](C)(C)C. The summed E-state index contributed by atoms with van der Waals surface area (Å²) in [5.41, 5.74) is 0. The van der Waals surface area contributed by atoms with Gasteiger partial charge < -0.3 is 71.2 Å². The molecule has 0 aromatic carbocycles.